The number of rotatable bonds is 3. The van der Waals surface area contributed by atoms with E-state index in [1.165, 1.54) is 12.1 Å². The van der Waals surface area contributed by atoms with E-state index in [2.05, 4.69) is 17.3 Å². The Bertz CT molecular complexity index is 445. The van der Waals surface area contributed by atoms with Crippen LogP contribution in [0.5, 0.6) is 0 Å². The Morgan fingerprint density at radius 3 is 2.67 bits per heavy atom. The second-order valence-electron chi connectivity index (χ2n) is 4.64. The first-order chi connectivity index (χ1) is 8.56. The van der Waals surface area contributed by atoms with Crippen LogP contribution in [-0.4, -0.2) is 36.0 Å². The van der Waals surface area contributed by atoms with Crippen molar-refractivity contribution in [2.45, 2.75) is 18.9 Å². The van der Waals surface area contributed by atoms with Crippen molar-refractivity contribution in [3.8, 4) is 0 Å². The first-order valence-electron chi connectivity index (χ1n) is 5.95. The highest BCUT2D eigenvalue weighted by Gasteiger charge is 2.18. The van der Waals surface area contributed by atoms with Gasteiger partial charge in [0.15, 0.2) is 0 Å². The van der Waals surface area contributed by atoms with Crippen LogP contribution in [0.1, 0.15) is 12.8 Å². The fraction of sp³-hybridized carbons (Fsp3) is 0.500. The Balaban J connectivity index is 2.03. The summed E-state index contributed by atoms with van der Waals surface area (Å²) < 4.78 is 0. The minimum Gasteiger partial charge on any atom is -0.381 e. The lowest BCUT2D eigenvalue weighted by Gasteiger charge is -2.30. The first kappa shape index (κ1) is 13.1. The van der Waals surface area contributed by atoms with Gasteiger partial charge in [-0.25, -0.2) is 0 Å². The summed E-state index contributed by atoms with van der Waals surface area (Å²) >= 11 is 6.04. The zero-order valence-corrected chi connectivity index (χ0v) is 11.0. The molecular weight excluding hydrogens is 254 g/mol. The molecular formula is C12H16ClN3O2. The zero-order chi connectivity index (χ0) is 13.1. The maximum atomic E-state index is 10.6. The molecule has 0 radical (unpaired) electrons. The summed E-state index contributed by atoms with van der Waals surface area (Å²) in [4.78, 5) is 12.5. The molecule has 18 heavy (non-hydrogen) atoms. The predicted octanol–water partition coefficient (Wildman–Crippen LogP) is 2.75. The molecule has 0 amide bonds. The molecule has 1 N–H and O–H groups in total. The summed E-state index contributed by atoms with van der Waals surface area (Å²) in [5.74, 6) is 0. The smallest absolute Gasteiger partial charge is 0.271 e. The average molecular weight is 270 g/mol. The summed E-state index contributed by atoms with van der Waals surface area (Å²) in [5, 5.41) is 14.4. The zero-order valence-electron chi connectivity index (χ0n) is 10.2. The second kappa shape index (κ2) is 5.54. The molecule has 1 heterocycles. The van der Waals surface area contributed by atoms with E-state index in [1.807, 2.05) is 0 Å². The molecule has 5 nitrogen and oxygen atoms in total. The van der Waals surface area contributed by atoms with E-state index in [-0.39, 0.29) is 5.69 Å². The molecule has 0 spiro atoms. The van der Waals surface area contributed by atoms with E-state index in [0.717, 1.165) is 31.6 Å². The highest BCUT2D eigenvalue weighted by molar-refractivity contribution is 6.33. The lowest BCUT2D eigenvalue weighted by molar-refractivity contribution is -0.384. The summed E-state index contributed by atoms with van der Waals surface area (Å²) in [6, 6.07) is 4.93. The molecule has 0 unspecified atom stereocenters. The van der Waals surface area contributed by atoms with Crippen LogP contribution in [-0.2, 0) is 0 Å². The van der Waals surface area contributed by atoms with Crippen LogP contribution in [0.3, 0.4) is 0 Å². The van der Waals surface area contributed by atoms with Crippen molar-refractivity contribution in [3.63, 3.8) is 0 Å². The molecule has 2 rings (SSSR count). The standard InChI is InChI=1S/C12H16ClN3O2/c1-15-6-4-9(5-7-15)14-12-3-2-10(16(17)18)8-11(12)13/h2-3,8-9,14H,4-7H2,1H3. The van der Waals surface area contributed by atoms with Crippen LogP contribution < -0.4 is 5.32 Å². The number of nitro groups is 1. The van der Waals surface area contributed by atoms with Crippen molar-refractivity contribution >= 4 is 23.0 Å². The van der Waals surface area contributed by atoms with Crippen molar-refractivity contribution in [2.75, 3.05) is 25.5 Å². The maximum absolute atomic E-state index is 10.6. The largest absolute Gasteiger partial charge is 0.381 e. The normalized spacial score (nSPS) is 17.7. The highest BCUT2D eigenvalue weighted by Crippen LogP contribution is 2.28. The molecule has 0 atom stereocenters. The molecule has 6 heteroatoms. The lowest BCUT2D eigenvalue weighted by Crippen LogP contribution is -2.36. The second-order valence-corrected chi connectivity index (χ2v) is 5.05. The van der Waals surface area contributed by atoms with Gasteiger partial charge in [-0.3, -0.25) is 10.1 Å². The topological polar surface area (TPSA) is 58.4 Å². The maximum Gasteiger partial charge on any atom is 0.271 e. The van der Waals surface area contributed by atoms with Gasteiger partial charge in [-0.15, -0.1) is 0 Å². The third-order valence-corrected chi connectivity index (χ3v) is 3.55. The number of hydrogen-bond donors (Lipinski definition) is 1. The lowest BCUT2D eigenvalue weighted by atomic mass is 10.1. The first-order valence-corrected chi connectivity index (χ1v) is 6.33. The number of benzene rings is 1. The molecule has 0 bridgehead atoms. The van der Waals surface area contributed by atoms with Crippen molar-refractivity contribution in [2.24, 2.45) is 0 Å². The Labute approximate surface area is 111 Å². The van der Waals surface area contributed by atoms with Crippen molar-refractivity contribution in [3.05, 3.63) is 33.3 Å². The molecule has 1 aromatic rings. The molecule has 1 aliphatic rings. The number of nitrogens with one attached hydrogen (secondary N) is 1. The number of likely N-dealkylation sites (tertiary alicyclic amines) is 1. The number of anilines is 1. The molecule has 1 saturated heterocycles. The van der Waals surface area contributed by atoms with E-state index in [9.17, 15) is 10.1 Å². The SMILES string of the molecule is CN1CCC(Nc2ccc([N+](=O)[O-])cc2Cl)CC1. The van der Waals surface area contributed by atoms with Gasteiger partial charge in [-0.1, -0.05) is 11.6 Å². The van der Waals surface area contributed by atoms with Crippen molar-refractivity contribution in [1.82, 2.24) is 4.90 Å². The van der Waals surface area contributed by atoms with Crippen molar-refractivity contribution < 1.29 is 4.92 Å². The average Bonchev–Trinajstić information content (AvgIpc) is 2.34. The van der Waals surface area contributed by atoms with Gasteiger partial charge in [0.1, 0.15) is 0 Å². The van der Waals surface area contributed by atoms with Crippen LogP contribution >= 0.6 is 11.6 Å². The van der Waals surface area contributed by atoms with Gasteiger partial charge in [-0.05, 0) is 39.0 Å². The number of nitro benzene ring substituents is 1. The van der Waals surface area contributed by atoms with Crippen LogP contribution in [0.4, 0.5) is 11.4 Å². The van der Waals surface area contributed by atoms with E-state index in [0.29, 0.717) is 11.1 Å². The van der Waals surface area contributed by atoms with Crippen LogP contribution in [0.25, 0.3) is 0 Å². The molecule has 0 aliphatic carbocycles. The third kappa shape index (κ3) is 3.11. The number of halogens is 1. The number of hydrogen-bond acceptors (Lipinski definition) is 4. The quantitative estimate of drug-likeness (QED) is 0.677. The summed E-state index contributed by atoms with van der Waals surface area (Å²) in [7, 11) is 2.11. The van der Waals surface area contributed by atoms with Gasteiger partial charge >= 0.3 is 0 Å². The molecule has 1 fully saturated rings. The summed E-state index contributed by atoms with van der Waals surface area (Å²) in [5.41, 5.74) is 0.797. The monoisotopic (exact) mass is 269 g/mol. The van der Waals surface area contributed by atoms with E-state index >= 15 is 0 Å². The van der Waals surface area contributed by atoms with Gasteiger partial charge in [0, 0.05) is 18.2 Å². The van der Waals surface area contributed by atoms with Crippen LogP contribution in [0.15, 0.2) is 18.2 Å². The summed E-state index contributed by atoms with van der Waals surface area (Å²) in [6.45, 7) is 2.12. The Morgan fingerprint density at radius 1 is 1.44 bits per heavy atom. The van der Waals surface area contributed by atoms with Gasteiger partial charge in [0.25, 0.3) is 5.69 Å². The molecule has 98 valence electrons. The molecule has 1 aliphatic heterocycles. The fourth-order valence-corrected chi connectivity index (χ4v) is 2.34. The fourth-order valence-electron chi connectivity index (χ4n) is 2.11. The third-order valence-electron chi connectivity index (χ3n) is 3.24. The van der Waals surface area contributed by atoms with E-state index in [1.54, 1.807) is 6.07 Å². The minimum absolute atomic E-state index is 0.0222. The van der Waals surface area contributed by atoms with Gasteiger partial charge < -0.3 is 10.2 Å². The highest BCUT2D eigenvalue weighted by atomic mass is 35.5. The molecule has 0 saturated carbocycles. The van der Waals surface area contributed by atoms with Gasteiger partial charge in [0.05, 0.1) is 15.6 Å². The molecule has 1 aromatic carbocycles. The van der Waals surface area contributed by atoms with E-state index < -0.39 is 4.92 Å². The molecule has 0 aromatic heterocycles. The number of nitrogens with zero attached hydrogens (tertiary/aromatic N) is 2. The minimum atomic E-state index is -0.439. The van der Waals surface area contributed by atoms with Gasteiger partial charge in [-0.2, -0.15) is 0 Å². The van der Waals surface area contributed by atoms with E-state index in [4.69, 9.17) is 11.6 Å². The van der Waals surface area contributed by atoms with Gasteiger partial charge in [0.2, 0.25) is 0 Å². The Kier molecular flexibility index (Phi) is 4.04. The Morgan fingerprint density at radius 2 is 2.11 bits per heavy atom. The number of piperidine rings is 1. The number of non-ortho nitro benzene ring substituents is 1. The van der Waals surface area contributed by atoms with Crippen LogP contribution in [0.2, 0.25) is 5.02 Å². The summed E-state index contributed by atoms with van der Waals surface area (Å²) in [6.07, 6.45) is 2.12. The van der Waals surface area contributed by atoms with Crippen molar-refractivity contribution in [1.29, 1.82) is 0 Å². The predicted molar refractivity (Wildman–Crippen MR) is 72.2 cm³/mol. The Hall–Kier alpha value is -1.33. The van der Waals surface area contributed by atoms with Crippen LogP contribution in [0, 0.1) is 10.1 Å².